The first kappa shape index (κ1) is 17.4. The minimum atomic E-state index is -3.55. The average Bonchev–Trinajstić information content (AvgIpc) is 2.57. The highest BCUT2D eigenvalue weighted by atomic mass is 32.2. The number of hydrogen-bond donors (Lipinski definition) is 0. The van der Waals surface area contributed by atoms with Crippen LogP contribution >= 0.6 is 0 Å². The summed E-state index contributed by atoms with van der Waals surface area (Å²) in [7, 11) is -3.55. The third-order valence-corrected chi connectivity index (χ3v) is 4.36. The zero-order chi connectivity index (χ0) is 17.9. The SMILES string of the molecule is CS(=O)(=O)Oc1ccc([C@@H]2CN(Cc3ccccc3)C(=O)CO2)cc1. The summed E-state index contributed by atoms with van der Waals surface area (Å²) in [5, 5.41) is 0. The highest BCUT2D eigenvalue weighted by Crippen LogP contribution is 2.26. The number of nitrogens with zero attached hydrogens (tertiary/aromatic N) is 1. The van der Waals surface area contributed by atoms with Gasteiger partial charge in [-0.25, -0.2) is 0 Å². The lowest BCUT2D eigenvalue weighted by molar-refractivity contribution is -0.150. The van der Waals surface area contributed by atoms with E-state index in [1.54, 1.807) is 29.2 Å². The molecule has 0 N–H and O–H groups in total. The lowest BCUT2D eigenvalue weighted by Gasteiger charge is -2.33. The van der Waals surface area contributed by atoms with Crippen molar-refractivity contribution in [3.8, 4) is 5.75 Å². The van der Waals surface area contributed by atoms with E-state index in [9.17, 15) is 13.2 Å². The van der Waals surface area contributed by atoms with Gasteiger partial charge in [-0.15, -0.1) is 0 Å². The smallest absolute Gasteiger partial charge is 0.306 e. The van der Waals surface area contributed by atoms with Crippen molar-refractivity contribution in [2.45, 2.75) is 12.6 Å². The number of carbonyl (C=O) groups is 1. The van der Waals surface area contributed by atoms with E-state index in [1.807, 2.05) is 30.3 Å². The largest absolute Gasteiger partial charge is 0.383 e. The van der Waals surface area contributed by atoms with Crippen molar-refractivity contribution in [2.24, 2.45) is 0 Å². The van der Waals surface area contributed by atoms with Gasteiger partial charge in [-0.2, -0.15) is 8.42 Å². The second kappa shape index (κ2) is 7.25. The van der Waals surface area contributed by atoms with Crippen LogP contribution in [-0.4, -0.2) is 38.6 Å². The Morgan fingerprint density at radius 3 is 2.44 bits per heavy atom. The van der Waals surface area contributed by atoms with Crippen molar-refractivity contribution in [1.29, 1.82) is 0 Å². The molecule has 1 heterocycles. The lowest BCUT2D eigenvalue weighted by Crippen LogP contribution is -2.42. The third-order valence-electron chi connectivity index (χ3n) is 3.86. The van der Waals surface area contributed by atoms with Gasteiger partial charge in [-0.05, 0) is 23.3 Å². The highest BCUT2D eigenvalue weighted by molar-refractivity contribution is 7.86. The molecule has 1 fully saturated rings. The quantitative estimate of drug-likeness (QED) is 0.763. The average molecular weight is 361 g/mol. The maximum absolute atomic E-state index is 12.1. The van der Waals surface area contributed by atoms with Crippen molar-refractivity contribution < 1.29 is 22.1 Å². The minimum absolute atomic E-state index is 0.0269. The molecule has 0 radical (unpaired) electrons. The van der Waals surface area contributed by atoms with E-state index in [-0.39, 0.29) is 24.4 Å². The van der Waals surface area contributed by atoms with E-state index in [0.717, 1.165) is 17.4 Å². The molecule has 7 heteroatoms. The summed E-state index contributed by atoms with van der Waals surface area (Å²) in [4.78, 5) is 13.9. The fraction of sp³-hybridized carbons (Fsp3) is 0.278. The summed E-state index contributed by atoms with van der Waals surface area (Å²) in [6.07, 6.45) is 0.742. The molecule has 0 aliphatic carbocycles. The van der Waals surface area contributed by atoms with Gasteiger partial charge in [0.25, 0.3) is 0 Å². The summed E-state index contributed by atoms with van der Waals surface area (Å²) in [5.74, 6) is 0.205. The lowest BCUT2D eigenvalue weighted by atomic mass is 10.1. The van der Waals surface area contributed by atoms with Crippen molar-refractivity contribution in [3.05, 3.63) is 65.7 Å². The number of ether oxygens (including phenoxy) is 1. The minimum Gasteiger partial charge on any atom is -0.383 e. The number of amides is 1. The molecule has 1 amide bonds. The molecule has 0 unspecified atom stereocenters. The van der Waals surface area contributed by atoms with Crippen molar-refractivity contribution >= 4 is 16.0 Å². The van der Waals surface area contributed by atoms with E-state index >= 15 is 0 Å². The molecule has 1 aliphatic rings. The number of rotatable bonds is 5. The van der Waals surface area contributed by atoms with Crippen LogP contribution < -0.4 is 4.18 Å². The predicted molar refractivity (Wildman–Crippen MR) is 92.5 cm³/mol. The summed E-state index contributed by atoms with van der Waals surface area (Å²) < 4.78 is 32.8. The monoisotopic (exact) mass is 361 g/mol. The second-order valence-corrected chi connectivity index (χ2v) is 7.49. The first-order valence-corrected chi connectivity index (χ1v) is 9.65. The summed E-state index contributed by atoms with van der Waals surface area (Å²) >= 11 is 0. The molecule has 25 heavy (non-hydrogen) atoms. The molecule has 0 bridgehead atoms. The van der Waals surface area contributed by atoms with Gasteiger partial charge >= 0.3 is 10.1 Å². The van der Waals surface area contributed by atoms with Crippen molar-refractivity contribution in [1.82, 2.24) is 4.90 Å². The first-order valence-electron chi connectivity index (χ1n) is 7.83. The van der Waals surface area contributed by atoms with Crippen LogP contribution in [0.15, 0.2) is 54.6 Å². The van der Waals surface area contributed by atoms with Crippen LogP contribution in [0.25, 0.3) is 0 Å². The number of benzene rings is 2. The standard InChI is InChI=1S/C18H19NO5S/c1-25(21,22)24-16-9-7-15(8-10-16)17-12-19(18(20)13-23-17)11-14-5-3-2-4-6-14/h2-10,17H,11-13H2,1H3/t17-/m0/s1. The normalized spacial score (nSPS) is 18.2. The summed E-state index contributed by atoms with van der Waals surface area (Å²) in [5.41, 5.74) is 1.93. The molecule has 1 atom stereocenters. The van der Waals surface area contributed by atoms with Crippen LogP contribution in [0.5, 0.6) is 5.75 Å². The Morgan fingerprint density at radius 1 is 1.12 bits per heavy atom. The van der Waals surface area contributed by atoms with Gasteiger partial charge in [-0.3, -0.25) is 4.79 Å². The van der Waals surface area contributed by atoms with Crippen LogP contribution in [0.3, 0.4) is 0 Å². The molecule has 132 valence electrons. The molecule has 6 nitrogen and oxygen atoms in total. The Morgan fingerprint density at radius 2 is 1.80 bits per heavy atom. The van der Waals surface area contributed by atoms with E-state index in [0.29, 0.717) is 13.1 Å². The fourth-order valence-corrected chi connectivity index (χ4v) is 3.15. The van der Waals surface area contributed by atoms with Gasteiger partial charge in [0.2, 0.25) is 5.91 Å². The van der Waals surface area contributed by atoms with Gasteiger partial charge in [0, 0.05) is 6.54 Å². The Bertz CT molecular complexity index is 834. The van der Waals surface area contributed by atoms with Gasteiger partial charge in [-0.1, -0.05) is 42.5 Å². The first-order chi connectivity index (χ1) is 11.9. The molecule has 0 spiro atoms. The van der Waals surface area contributed by atoms with Gasteiger partial charge in [0.1, 0.15) is 18.5 Å². The van der Waals surface area contributed by atoms with E-state index in [2.05, 4.69) is 0 Å². The maximum Gasteiger partial charge on any atom is 0.306 e. The van der Waals surface area contributed by atoms with E-state index < -0.39 is 10.1 Å². The Kier molecular flexibility index (Phi) is 5.06. The molecular formula is C18H19NO5S. The van der Waals surface area contributed by atoms with Crippen LogP contribution in [0, 0.1) is 0 Å². The van der Waals surface area contributed by atoms with Crippen LogP contribution in [0.4, 0.5) is 0 Å². The Balaban J connectivity index is 1.69. The predicted octanol–water partition coefficient (Wildman–Crippen LogP) is 2.13. The number of morpholine rings is 1. The zero-order valence-electron chi connectivity index (χ0n) is 13.8. The molecule has 3 rings (SSSR count). The maximum atomic E-state index is 12.1. The third kappa shape index (κ3) is 4.80. The topological polar surface area (TPSA) is 72.9 Å². The molecule has 2 aromatic carbocycles. The van der Waals surface area contributed by atoms with Gasteiger partial charge in [0.05, 0.1) is 12.8 Å². The zero-order valence-corrected chi connectivity index (χ0v) is 14.6. The van der Waals surface area contributed by atoms with Gasteiger partial charge in [0.15, 0.2) is 0 Å². The molecule has 0 aromatic heterocycles. The molecule has 2 aromatic rings. The second-order valence-electron chi connectivity index (χ2n) is 5.92. The van der Waals surface area contributed by atoms with Crippen molar-refractivity contribution in [2.75, 3.05) is 19.4 Å². The Hall–Kier alpha value is -2.38. The summed E-state index contributed by atoms with van der Waals surface area (Å²) in [6, 6.07) is 16.5. The molecule has 1 aliphatic heterocycles. The molecule has 0 saturated carbocycles. The van der Waals surface area contributed by atoms with Crippen molar-refractivity contribution in [3.63, 3.8) is 0 Å². The Labute approximate surface area is 147 Å². The van der Waals surface area contributed by atoms with Crippen LogP contribution in [0.2, 0.25) is 0 Å². The van der Waals surface area contributed by atoms with Crippen LogP contribution in [-0.2, 0) is 26.2 Å². The highest BCUT2D eigenvalue weighted by Gasteiger charge is 2.27. The molecule has 1 saturated heterocycles. The van der Waals surface area contributed by atoms with Crippen LogP contribution in [0.1, 0.15) is 17.2 Å². The van der Waals surface area contributed by atoms with Gasteiger partial charge < -0.3 is 13.8 Å². The number of carbonyl (C=O) groups excluding carboxylic acids is 1. The number of hydrogen-bond acceptors (Lipinski definition) is 5. The molecular weight excluding hydrogens is 342 g/mol. The van der Waals surface area contributed by atoms with E-state index in [4.69, 9.17) is 8.92 Å². The van der Waals surface area contributed by atoms with E-state index in [1.165, 1.54) is 0 Å². The summed E-state index contributed by atoms with van der Waals surface area (Å²) in [6.45, 7) is 1.01. The fourth-order valence-electron chi connectivity index (χ4n) is 2.69.